The van der Waals surface area contributed by atoms with E-state index < -0.39 is 0 Å². The van der Waals surface area contributed by atoms with Gasteiger partial charge in [0.15, 0.2) is 0 Å². The zero-order valence-corrected chi connectivity index (χ0v) is 7.94. The van der Waals surface area contributed by atoms with Crippen LogP contribution in [0, 0.1) is 5.41 Å². The zero-order chi connectivity index (χ0) is 9.07. The normalized spacial score (nSPS) is 14.2. The molecule has 0 fully saturated rings. The van der Waals surface area contributed by atoms with Gasteiger partial charge in [0.1, 0.15) is 0 Å². The lowest BCUT2D eigenvalue weighted by Crippen LogP contribution is -2.09. The van der Waals surface area contributed by atoms with E-state index in [1.807, 2.05) is 6.92 Å². The Morgan fingerprint density at radius 3 is 2.18 bits per heavy atom. The summed E-state index contributed by atoms with van der Waals surface area (Å²) >= 11 is 0. The molecule has 0 rings (SSSR count). The van der Waals surface area contributed by atoms with Crippen LogP contribution in [0.3, 0.4) is 0 Å². The summed E-state index contributed by atoms with van der Waals surface area (Å²) in [6.07, 6.45) is 2.29. The summed E-state index contributed by atoms with van der Waals surface area (Å²) in [7, 11) is 0. The van der Waals surface area contributed by atoms with E-state index in [-0.39, 0.29) is 5.41 Å². The highest BCUT2D eigenvalue weighted by molar-refractivity contribution is 5.13. The Balaban J connectivity index is 4.52. The van der Waals surface area contributed by atoms with Gasteiger partial charge in [0.2, 0.25) is 0 Å². The molecular formula is C10H18O. The Labute approximate surface area is 69.4 Å². The van der Waals surface area contributed by atoms with E-state index in [1.165, 1.54) is 0 Å². The monoisotopic (exact) mass is 154 g/mol. The van der Waals surface area contributed by atoms with E-state index in [0.29, 0.717) is 12.2 Å². The maximum Gasteiger partial charge on any atom is 0.0954 e. The van der Waals surface area contributed by atoms with E-state index >= 15 is 0 Å². The van der Waals surface area contributed by atoms with Crippen molar-refractivity contribution in [1.29, 1.82) is 0 Å². The van der Waals surface area contributed by atoms with Crippen molar-refractivity contribution < 1.29 is 5.11 Å². The summed E-state index contributed by atoms with van der Waals surface area (Å²) in [5, 5.41) is 9.46. The van der Waals surface area contributed by atoms with Gasteiger partial charge in [-0.05, 0) is 17.9 Å². The minimum atomic E-state index is 0.0626. The predicted molar refractivity (Wildman–Crippen MR) is 49.6 cm³/mol. The highest BCUT2D eigenvalue weighted by Gasteiger charge is 2.15. The van der Waals surface area contributed by atoms with Crippen LogP contribution in [-0.2, 0) is 0 Å². The fourth-order valence-electron chi connectivity index (χ4n) is 0.723. The van der Waals surface area contributed by atoms with Crippen LogP contribution < -0.4 is 0 Å². The van der Waals surface area contributed by atoms with E-state index in [1.54, 1.807) is 6.08 Å². The molecule has 1 heteroatoms. The summed E-state index contributed by atoms with van der Waals surface area (Å²) in [5.74, 6) is 0.451. The SMILES string of the molecule is C=CC/C(O)=C(/C)C(C)(C)C. The summed E-state index contributed by atoms with van der Waals surface area (Å²) in [6, 6.07) is 0. The van der Waals surface area contributed by atoms with Gasteiger partial charge in [-0.3, -0.25) is 0 Å². The van der Waals surface area contributed by atoms with Crippen LogP contribution in [0.2, 0.25) is 0 Å². The molecule has 0 amide bonds. The fourth-order valence-corrected chi connectivity index (χ4v) is 0.723. The van der Waals surface area contributed by atoms with Gasteiger partial charge in [-0.15, -0.1) is 6.58 Å². The molecule has 0 atom stereocenters. The van der Waals surface area contributed by atoms with E-state index in [2.05, 4.69) is 27.4 Å². The van der Waals surface area contributed by atoms with Crippen molar-refractivity contribution >= 4 is 0 Å². The molecule has 0 bridgehead atoms. The van der Waals surface area contributed by atoms with Crippen molar-refractivity contribution in [1.82, 2.24) is 0 Å². The third-order valence-corrected chi connectivity index (χ3v) is 1.90. The summed E-state index contributed by atoms with van der Waals surface area (Å²) in [4.78, 5) is 0. The number of aliphatic hydroxyl groups excluding tert-OH is 1. The first-order valence-corrected chi connectivity index (χ1v) is 3.89. The summed E-state index contributed by atoms with van der Waals surface area (Å²) < 4.78 is 0. The summed E-state index contributed by atoms with van der Waals surface area (Å²) in [5.41, 5.74) is 1.10. The van der Waals surface area contributed by atoms with Gasteiger partial charge in [0, 0.05) is 6.42 Å². The second-order valence-electron chi connectivity index (χ2n) is 3.81. The smallest absolute Gasteiger partial charge is 0.0954 e. The maximum absolute atomic E-state index is 9.46. The molecule has 0 heterocycles. The van der Waals surface area contributed by atoms with Gasteiger partial charge in [-0.25, -0.2) is 0 Å². The fraction of sp³-hybridized carbons (Fsp3) is 0.600. The highest BCUT2D eigenvalue weighted by Crippen LogP contribution is 2.27. The van der Waals surface area contributed by atoms with E-state index in [9.17, 15) is 5.11 Å². The Kier molecular flexibility index (Phi) is 3.37. The van der Waals surface area contributed by atoms with Gasteiger partial charge in [0.05, 0.1) is 5.76 Å². The van der Waals surface area contributed by atoms with E-state index in [0.717, 1.165) is 5.57 Å². The van der Waals surface area contributed by atoms with Crippen LogP contribution in [0.15, 0.2) is 24.0 Å². The zero-order valence-electron chi connectivity index (χ0n) is 7.94. The standard InChI is InChI=1S/C10H18O/c1-6-7-9(11)8(2)10(3,4)5/h6,11H,1,7H2,2-5H3/b9-8+. The molecule has 0 aliphatic rings. The molecule has 11 heavy (non-hydrogen) atoms. The van der Waals surface area contributed by atoms with Crippen LogP contribution in [-0.4, -0.2) is 5.11 Å². The van der Waals surface area contributed by atoms with Crippen molar-refractivity contribution in [3.8, 4) is 0 Å². The molecule has 64 valence electrons. The summed E-state index contributed by atoms with van der Waals surface area (Å²) in [6.45, 7) is 11.8. The molecule has 0 aliphatic heterocycles. The Bertz CT molecular complexity index is 170. The highest BCUT2D eigenvalue weighted by atomic mass is 16.3. The molecule has 0 aromatic rings. The van der Waals surface area contributed by atoms with Crippen molar-refractivity contribution in [3.63, 3.8) is 0 Å². The van der Waals surface area contributed by atoms with Crippen LogP contribution in [0.4, 0.5) is 0 Å². The van der Waals surface area contributed by atoms with Crippen LogP contribution in [0.25, 0.3) is 0 Å². The number of rotatable bonds is 2. The van der Waals surface area contributed by atoms with Crippen LogP contribution in [0.1, 0.15) is 34.1 Å². The van der Waals surface area contributed by atoms with Gasteiger partial charge >= 0.3 is 0 Å². The largest absolute Gasteiger partial charge is 0.512 e. The quantitative estimate of drug-likeness (QED) is 0.477. The predicted octanol–water partition coefficient (Wildman–Crippen LogP) is 3.44. The third-order valence-electron chi connectivity index (χ3n) is 1.90. The minimum absolute atomic E-state index is 0.0626. The number of hydrogen-bond donors (Lipinski definition) is 1. The molecule has 0 radical (unpaired) electrons. The first kappa shape index (κ1) is 10.3. The molecule has 0 aliphatic carbocycles. The van der Waals surface area contributed by atoms with Gasteiger partial charge in [-0.2, -0.15) is 0 Å². The topological polar surface area (TPSA) is 20.2 Å². The Morgan fingerprint density at radius 1 is 1.45 bits per heavy atom. The average Bonchev–Trinajstić information content (AvgIpc) is 1.85. The molecule has 0 aromatic carbocycles. The van der Waals surface area contributed by atoms with Crippen molar-refractivity contribution in [2.75, 3.05) is 0 Å². The van der Waals surface area contributed by atoms with Crippen molar-refractivity contribution in [2.24, 2.45) is 5.41 Å². The average molecular weight is 154 g/mol. The maximum atomic E-state index is 9.46. The Hall–Kier alpha value is -0.720. The van der Waals surface area contributed by atoms with Crippen LogP contribution >= 0.6 is 0 Å². The number of allylic oxidation sites excluding steroid dienone is 2. The molecule has 1 nitrogen and oxygen atoms in total. The first-order chi connectivity index (χ1) is 4.89. The second-order valence-corrected chi connectivity index (χ2v) is 3.81. The van der Waals surface area contributed by atoms with Gasteiger partial charge in [0.25, 0.3) is 0 Å². The first-order valence-electron chi connectivity index (χ1n) is 3.89. The molecular weight excluding hydrogens is 136 g/mol. The molecule has 0 aromatic heterocycles. The van der Waals surface area contributed by atoms with Crippen molar-refractivity contribution in [2.45, 2.75) is 34.1 Å². The third kappa shape index (κ3) is 3.26. The number of aliphatic hydroxyl groups is 1. The molecule has 0 saturated heterocycles. The van der Waals surface area contributed by atoms with Crippen molar-refractivity contribution in [3.05, 3.63) is 24.0 Å². The molecule has 1 N–H and O–H groups in total. The lowest BCUT2D eigenvalue weighted by Gasteiger charge is -2.20. The molecule has 0 unspecified atom stereocenters. The van der Waals surface area contributed by atoms with Gasteiger partial charge in [-0.1, -0.05) is 26.8 Å². The van der Waals surface area contributed by atoms with E-state index in [4.69, 9.17) is 0 Å². The lowest BCUT2D eigenvalue weighted by molar-refractivity contribution is 0.365. The molecule has 0 spiro atoms. The molecule has 0 saturated carbocycles. The second kappa shape index (κ2) is 3.61. The number of hydrogen-bond acceptors (Lipinski definition) is 1. The Morgan fingerprint density at radius 2 is 1.91 bits per heavy atom. The minimum Gasteiger partial charge on any atom is -0.512 e. The van der Waals surface area contributed by atoms with Gasteiger partial charge < -0.3 is 5.11 Å². The lowest BCUT2D eigenvalue weighted by atomic mass is 9.86. The van der Waals surface area contributed by atoms with Crippen LogP contribution in [0.5, 0.6) is 0 Å².